The van der Waals surface area contributed by atoms with Gasteiger partial charge in [0, 0.05) is 29.9 Å². The molecule has 0 saturated heterocycles. The third-order valence-corrected chi connectivity index (χ3v) is 5.36. The van der Waals surface area contributed by atoms with Crippen LogP contribution in [0.4, 0.5) is 5.69 Å². The number of thioether (sulfide) groups is 1. The average molecular weight is 335 g/mol. The van der Waals surface area contributed by atoms with Gasteiger partial charge in [0.15, 0.2) is 0 Å². The van der Waals surface area contributed by atoms with Gasteiger partial charge in [0.2, 0.25) is 5.91 Å². The normalized spacial score (nSPS) is 15.9. The Kier molecular flexibility index (Phi) is 4.09. The molecule has 0 radical (unpaired) electrons. The van der Waals surface area contributed by atoms with Crippen molar-refractivity contribution < 1.29 is 4.79 Å². The number of anilines is 1. The number of benzene rings is 1. The zero-order valence-corrected chi connectivity index (χ0v) is 13.9. The van der Waals surface area contributed by atoms with E-state index in [1.54, 1.807) is 6.20 Å². The van der Waals surface area contributed by atoms with Crippen LogP contribution in [0, 0.1) is 0 Å². The van der Waals surface area contributed by atoms with E-state index < -0.39 is 0 Å². The Morgan fingerprint density at radius 2 is 2.08 bits per heavy atom. The highest BCUT2D eigenvalue weighted by molar-refractivity contribution is 7.99. The van der Waals surface area contributed by atoms with E-state index in [0.29, 0.717) is 6.42 Å². The maximum atomic E-state index is 12.3. The maximum absolute atomic E-state index is 12.3. The van der Waals surface area contributed by atoms with Crippen molar-refractivity contribution in [3.05, 3.63) is 83.9 Å². The molecule has 1 atom stereocenters. The minimum Gasteiger partial charge on any atom is -0.332 e. The summed E-state index contributed by atoms with van der Waals surface area (Å²) in [5.74, 6) is 0.901. The van der Waals surface area contributed by atoms with Crippen molar-refractivity contribution in [1.82, 2.24) is 9.55 Å². The summed E-state index contributed by atoms with van der Waals surface area (Å²) < 4.78 is 2.22. The zero-order chi connectivity index (χ0) is 16.4. The molecule has 1 unspecified atom stereocenters. The highest BCUT2D eigenvalue weighted by Crippen LogP contribution is 2.43. The predicted molar refractivity (Wildman–Crippen MR) is 96.9 cm³/mol. The summed E-state index contributed by atoms with van der Waals surface area (Å²) in [6, 6.07) is 15.8. The van der Waals surface area contributed by atoms with Gasteiger partial charge in [0.05, 0.1) is 17.8 Å². The fourth-order valence-corrected chi connectivity index (χ4v) is 4.27. The molecule has 3 aromatic rings. The molecule has 120 valence electrons. The lowest BCUT2D eigenvalue weighted by Crippen LogP contribution is -2.15. The van der Waals surface area contributed by atoms with E-state index in [9.17, 15) is 4.79 Å². The number of carbonyl (C=O) groups is 1. The Hall–Kier alpha value is -2.53. The van der Waals surface area contributed by atoms with Crippen molar-refractivity contribution in [1.29, 1.82) is 0 Å². The first-order valence-corrected chi connectivity index (χ1v) is 8.91. The van der Waals surface area contributed by atoms with Gasteiger partial charge in [-0.25, -0.2) is 0 Å². The molecule has 1 aliphatic rings. The Bertz CT molecular complexity index is 846. The molecule has 1 amide bonds. The minimum atomic E-state index is 0.0185. The number of amides is 1. The van der Waals surface area contributed by atoms with Crippen molar-refractivity contribution in [3.63, 3.8) is 0 Å². The number of pyridine rings is 1. The molecule has 24 heavy (non-hydrogen) atoms. The summed E-state index contributed by atoms with van der Waals surface area (Å²) >= 11 is 1.85. The van der Waals surface area contributed by atoms with Gasteiger partial charge in [-0.2, -0.15) is 0 Å². The van der Waals surface area contributed by atoms with Crippen molar-refractivity contribution >= 4 is 23.4 Å². The van der Waals surface area contributed by atoms with Crippen LogP contribution in [0.1, 0.15) is 22.2 Å². The van der Waals surface area contributed by atoms with E-state index in [1.807, 2.05) is 66.6 Å². The summed E-state index contributed by atoms with van der Waals surface area (Å²) in [6.45, 7) is 0. The lowest BCUT2D eigenvalue weighted by Gasteiger charge is -2.12. The summed E-state index contributed by atoms with van der Waals surface area (Å²) in [4.78, 5) is 16.5. The molecule has 0 aliphatic carbocycles. The van der Waals surface area contributed by atoms with Crippen LogP contribution in [-0.4, -0.2) is 15.5 Å². The van der Waals surface area contributed by atoms with Gasteiger partial charge < -0.3 is 9.88 Å². The van der Waals surface area contributed by atoms with Crippen LogP contribution in [0.5, 0.6) is 0 Å². The molecule has 4 nitrogen and oxygen atoms in total. The Morgan fingerprint density at radius 1 is 1.21 bits per heavy atom. The van der Waals surface area contributed by atoms with Gasteiger partial charge in [-0.3, -0.25) is 9.78 Å². The van der Waals surface area contributed by atoms with Gasteiger partial charge in [-0.05, 0) is 17.7 Å². The highest BCUT2D eigenvalue weighted by Gasteiger charge is 2.26. The number of fused-ring (bicyclic) bond motifs is 1. The van der Waals surface area contributed by atoms with Crippen LogP contribution in [-0.2, 0) is 17.0 Å². The molecule has 0 spiro atoms. The molecule has 0 bridgehead atoms. The lowest BCUT2D eigenvalue weighted by molar-refractivity contribution is -0.115. The third kappa shape index (κ3) is 2.95. The number of nitrogens with one attached hydrogen (secondary N) is 1. The molecule has 4 rings (SSSR count). The number of nitrogens with zero attached hydrogens (tertiary/aromatic N) is 2. The van der Waals surface area contributed by atoms with Gasteiger partial charge in [0.25, 0.3) is 0 Å². The molecule has 0 saturated carbocycles. The van der Waals surface area contributed by atoms with Crippen molar-refractivity contribution in [2.45, 2.75) is 17.5 Å². The fraction of sp³-hybridized carbons (Fsp3) is 0.158. The molecule has 0 fully saturated rings. The minimum absolute atomic E-state index is 0.0185. The summed E-state index contributed by atoms with van der Waals surface area (Å²) in [5.41, 5.74) is 4.28. The van der Waals surface area contributed by atoms with Gasteiger partial charge >= 0.3 is 0 Å². The third-order valence-electron chi connectivity index (χ3n) is 4.11. The van der Waals surface area contributed by atoms with Crippen LogP contribution in [0.25, 0.3) is 0 Å². The Morgan fingerprint density at radius 3 is 2.88 bits per heavy atom. The van der Waals surface area contributed by atoms with Crippen LogP contribution in [0.3, 0.4) is 0 Å². The van der Waals surface area contributed by atoms with Crippen LogP contribution < -0.4 is 5.32 Å². The number of hydrogen-bond acceptors (Lipinski definition) is 3. The van der Waals surface area contributed by atoms with Gasteiger partial charge in [-0.15, -0.1) is 11.8 Å². The molecular weight excluding hydrogens is 318 g/mol. The molecule has 3 heterocycles. The van der Waals surface area contributed by atoms with Crippen molar-refractivity contribution in [3.8, 4) is 0 Å². The molecule has 5 heteroatoms. The van der Waals surface area contributed by atoms with E-state index in [-0.39, 0.29) is 11.3 Å². The summed E-state index contributed by atoms with van der Waals surface area (Å²) in [5, 5.41) is 3.28. The first-order chi connectivity index (χ1) is 11.8. The van der Waals surface area contributed by atoms with Crippen molar-refractivity contribution in [2.75, 3.05) is 5.32 Å². The Labute approximate surface area is 144 Å². The topological polar surface area (TPSA) is 46.9 Å². The van der Waals surface area contributed by atoms with E-state index in [2.05, 4.69) is 20.9 Å². The largest absolute Gasteiger partial charge is 0.332 e. The van der Waals surface area contributed by atoms with Crippen LogP contribution >= 0.6 is 11.8 Å². The zero-order valence-electron chi connectivity index (χ0n) is 13.1. The SMILES string of the molecule is O=C(Cc1ccccc1)Nc1ccn2c1CSC2c1cccnc1. The second-order valence-corrected chi connectivity index (χ2v) is 6.81. The van der Waals surface area contributed by atoms with Gasteiger partial charge in [-0.1, -0.05) is 36.4 Å². The van der Waals surface area contributed by atoms with Gasteiger partial charge in [0.1, 0.15) is 5.37 Å². The predicted octanol–water partition coefficient (Wildman–Crippen LogP) is 3.86. The first kappa shape index (κ1) is 15.0. The number of hydrogen-bond donors (Lipinski definition) is 1. The smallest absolute Gasteiger partial charge is 0.228 e. The molecular formula is C19H17N3OS. The summed E-state index contributed by atoms with van der Waals surface area (Å²) in [6.07, 6.45) is 6.13. The monoisotopic (exact) mass is 335 g/mol. The molecule has 1 N–H and O–H groups in total. The molecule has 2 aromatic heterocycles. The molecule has 1 aromatic carbocycles. The standard InChI is InChI=1S/C19H17N3OS/c23-18(11-14-5-2-1-3-6-14)21-16-8-10-22-17(16)13-24-19(22)15-7-4-9-20-12-15/h1-10,12,19H,11,13H2,(H,21,23). The second-order valence-electron chi connectivity index (χ2n) is 5.74. The van der Waals surface area contributed by atoms with E-state index >= 15 is 0 Å². The number of aromatic nitrogens is 2. The van der Waals surface area contributed by atoms with E-state index in [4.69, 9.17) is 0 Å². The van der Waals surface area contributed by atoms with Crippen LogP contribution in [0.2, 0.25) is 0 Å². The van der Waals surface area contributed by atoms with Crippen molar-refractivity contribution in [2.24, 2.45) is 0 Å². The number of carbonyl (C=O) groups excluding carboxylic acids is 1. The first-order valence-electron chi connectivity index (χ1n) is 7.86. The number of rotatable bonds is 4. The molecule has 1 aliphatic heterocycles. The van der Waals surface area contributed by atoms with E-state index in [1.165, 1.54) is 5.56 Å². The maximum Gasteiger partial charge on any atom is 0.228 e. The highest BCUT2D eigenvalue weighted by atomic mass is 32.2. The second kappa shape index (κ2) is 6.53. The van der Waals surface area contributed by atoms with Crippen LogP contribution in [0.15, 0.2) is 67.1 Å². The van der Waals surface area contributed by atoms with E-state index in [0.717, 1.165) is 22.7 Å². The summed E-state index contributed by atoms with van der Waals surface area (Å²) in [7, 11) is 0. The average Bonchev–Trinajstić information content (AvgIpc) is 3.20. The lowest BCUT2D eigenvalue weighted by atomic mass is 10.1. The quantitative estimate of drug-likeness (QED) is 0.787. The fourth-order valence-electron chi connectivity index (χ4n) is 2.96. The Balaban J connectivity index is 1.50.